The minimum Gasteiger partial charge on any atom is -0.304 e. The van der Waals surface area contributed by atoms with Gasteiger partial charge in [0.15, 0.2) is 0 Å². The predicted molar refractivity (Wildman–Crippen MR) is 82.8 cm³/mol. The Morgan fingerprint density at radius 2 is 1.40 bits per heavy atom. The summed E-state index contributed by atoms with van der Waals surface area (Å²) in [5.74, 6) is -0.224. The van der Waals surface area contributed by atoms with E-state index in [1.54, 1.807) is 18.2 Å². The lowest BCUT2D eigenvalue weighted by Gasteiger charge is -2.21. The van der Waals surface area contributed by atoms with E-state index in [0.29, 0.717) is 10.0 Å². The van der Waals surface area contributed by atoms with Crippen LogP contribution in [0.2, 0.25) is 10.0 Å². The number of hydrogen-bond donors (Lipinski definition) is 1. The third-order valence-electron chi connectivity index (χ3n) is 3.31. The number of hydrogen-bond acceptors (Lipinski definition) is 1. The normalized spacial score (nSPS) is 14.1. The van der Waals surface area contributed by atoms with Crippen LogP contribution in [0.1, 0.15) is 37.1 Å². The molecule has 1 nitrogen and oxygen atoms in total. The van der Waals surface area contributed by atoms with Crippen LogP contribution in [-0.2, 0) is 0 Å². The van der Waals surface area contributed by atoms with E-state index in [-0.39, 0.29) is 17.9 Å². The number of nitrogens with one attached hydrogen (secondary N) is 1. The molecule has 0 radical (unpaired) electrons. The maximum Gasteiger partial charge on any atom is 0.123 e. The van der Waals surface area contributed by atoms with Gasteiger partial charge in [0.2, 0.25) is 0 Å². The smallest absolute Gasteiger partial charge is 0.123 e. The third-order valence-corrected chi connectivity index (χ3v) is 4.05. The zero-order valence-electron chi connectivity index (χ0n) is 11.3. The first-order valence-electron chi connectivity index (χ1n) is 6.44. The molecule has 2 aromatic carbocycles. The molecule has 0 aromatic heterocycles. The summed E-state index contributed by atoms with van der Waals surface area (Å²) in [5.41, 5.74) is 2.10. The summed E-state index contributed by atoms with van der Waals surface area (Å²) in [4.78, 5) is 0. The van der Waals surface area contributed by atoms with E-state index in [0.717, 1.165) is 11.1 Å². The summed E-state index contributed by atoms with van der Waals surface area (Å²) < 4.78 is 12.9. The summed E-state index contributed by atoms with van der Waals surface area (Å²) in [7, 11) is 0. The summed E-state index contributed by atoms with van der Waals surface area (Å²) in [6.07, 6.45) is 0. The first kappa shape index (κ1) is 15.3. The molecule has 0 bridgehead atoms. The second-order valence-corrected chi connectivity index (χ2v) is 5.65. The van der Waals surface area contributed by atoms with Crippen molar-refractivity contribution in [2.75, 3.05) is 0 Å². The van der Waals surface area contributed by atoms with E-state index < -0.39 is 0 Å². The monoisotopic (exact) mass is 311 g/mol. The number of rotatable bonds is 4. The van der Waals surface area contributed by atoms with Gasteiger partial charge < -0.3 is 5.32 Å². The molecule has 4 heteroatoms. The van der Waals surface area contributed by atoms with E-state index in [4.69, 9.17) is 23.2 Å². The lowest BCUT2D eigenvalue weighted by molar-refractivity contribution is 0.494. The predicted octanol–water partition coefficient (Wildman–Crippen LogP) is 5.54. The van der Waals surface area contributed by atoms with Gasteiger partial charge in [-0.05, 0) is 49.2 Å². The fourth-order valence-electron chi connectivity index (χ4n) is 2.10. The molecular formula is C16H16Cl2FN. The fraction of sp³-hybridized carbons (Fsp3) is 0.250. The molecule has 0 aliphatic rings. The Labute approximate surface area is 128 Å². The molecule has 2 atom stereocenters. The van der Waals surface area contributed by atoms with Crippen LogP contribution < -0.4 is 5.32 Å². The van der Waals surface area contributed by atoms with Crippen LogP contribution in [0.15, 0.2) is 42.5 Å². The average molecular weight is 312 g/mol. The molecule has 1 unspecified atom stereocenters. The Morgan fingerprint density at radius 3 is 2.00 bits per heavy atom. The van der Waals surface area contributed by atoms with Gasteiger partial charge in [-0.15, -0.1) is 0 Å². The van der Waals surface area contributed by atoms with E-state index in [9.17, 15) is 4.39 Å². The Hall–Kier alpha value is -1.09. The van der Waals surface area contributed by atoms with Gasteiger partial charge in [-0.2, -0.15) is 0 Å². The first-order valence-corrected chi connectivity index (χ1v) is 7.19. The van der Waals surface area contributed by atoms with E-state index in [1.165, 1.54) is 12.1 Å². The molecule has 0 spiro atoms. The summed E-state index contributed by atoms with van der Waals surface area (Å²) in [6, 6.07) is 12.3. The molecule has 0 fully saturated rings. The second kappa shape index (κ2) is 6.57. The zero-order valence-corrected chi connectivity index (χ0v) is 12.8. The second-order valence-electron chi connectivity index (χ2n) is 4.84. The van der Waals surface area contributed by atoms with Crippen molar-refractivity contribution in [1.82, 2.24) is 5.32 Å². The first-order chi connectivity index (χ1) is 9.47. The minimum absolute atomic E-state index is 0.111. The van der Waals surface area contributed by atoms with Gasteiger partial charge in [0.05, 0.1) is 10.0 Å². The van der Waals surface area contributed by atoms with Crippen LogP contribution in [0, 0.1) is 5.82 Å². The van der Waals surface area contributed by atoms with Crippen molar-refractivity contribution in [2.45, 2.75) is 25.9 Å². The Morgan fingerprint density at radius 1 is 0.850 bits per heavy atom. The quantitative estimate of drug-likeness (QED) is 0.781. The number of benzene rings is 2. The van der Waals surface area contributed by atoms with Crippen molar-refractivity contribution >= 4 is 23.2 Å². The lowest BCUT2D eigenvalue weighted by Crippen LogP contribution is -2.22. The lowest BCUT2D eigenvalue weighted by atomic mass is 10.0. The fourth-order valence-corrected chi connectivity index (χ4v) is 2.41. The highest BCUT2D eigenvalue weighted by Gasteiger charge is 2.12. The maximum absolute atomic E-state index is 12.9. The van der Waals surface area contributed by atoms with Crippen molar-refractivity contribution in [1.29, 1.82) is 0 Å². The van der Waals surface area contributed by atoms with Crippen LogP contribution in [0.3, 0.4) is 0 Å². The molecule has 2 rings (SSSR count). The Bertz CT molecular complexity index is 584. The largest absolute Gasteiger partial charge is 0.304 e. The maximum atomic E-state index is 12.9. The van der Waals surface area contributed by atoms with Crippen molar-refractivity contribution in [2.24, 2.45) is 0 Å². The van der Waals surface area contributed by atoms with Gasteiger partial charge in [-0.25, -0.2) is 4.39 Å². The van der Waals surface area contributed by atoms with Crippen LogP contribution in [0.4, 0.5) is 4.39 Å². The zero-order chi connectivity index (χ0) is 14.7. The minimum atomic E-state index is -0.224. The van der Waals surface area contributed by atoms with Gasteiger partial charge in [-0.1, -0.05) is 41.4 Å². The standard InChI is InChI=1S/C16H16Cl2FN/c1-10(12-3-6-14(19)7-4-12)20-11(2)13-5-8-15(17)16(18)9-13/h3-11,20H,1-2H3/t10-,11?/m0/s1. The summed E-state index contributed by atoms with van der Waals surface area (Å²) in [5, 5.41) is 4.55. The van der Waals surface area contributed by atoms with Gasteiger partial charge in [0.1, 0.15) is 5.82 Å². The molecular weight excluding hydrogens is 296 g/mol. The highest BCUT2D eigenvalue weighted by atomic mass is 35.5. The van der Waals surface area contributed by atoms with Crippen LogP contribution in [0.5, 0.6) is 0 Å². The molecule has 0 amide bonds. The Kier molecular flexibility index (Phi) is 5.03. The van der Waals surface area contributed by atoms with Crippen molar-refractivity contribution in [3.8, 4) is 0 Å². The van der Waals surface area contributed by atoms with Crippen LogP contribution in [0.25, 0.3) is 0 Å². The molecule has 0 heterocycles. The highest BCUT2D eigenvalue weighted by Crippen LogP contribution is 2.27. The van der Waals surface area contributed by atoms with Crippen molar-refractivity contribution < 1.29 is 4.39 Å². The molecule has 0 aliphatic heterocycles. The van der Waals surface area contributed by atoms with Crippen LogP contribution >= 0.6 is 23.2 Å². The SMILES string of the molecule is CC(N[C@@H](C)c1ccc(F)cc1)c1ccc(Cl)c(Cl)c1. The molecule has 1 N–H and O–H groups in total. The van der Waals surface area contributed by atoms with E-state index in [2.05, 4.69) is 12.2 Å². The van der Waals surface area contributed by atoms with Crippen LogP contribution in [-0.4, -0.2) is 0 Å². The van der Waals surface area contributed by atoms with Gasteiger partial charge in [-0.3, -0.25) is 0 Å². The molecule has 20 heavy (non-hydrogen) atoms. The van der Waals surface area contributed by atoms with E-state index in [1.807, 2.05) is 19.1 Å². The molecule has 0 saturated carbocycles. The van der Waals surface area contributed by atoms with Gasteiger partial charge >= 0.3 is 0 Å². The molecule has 2 aromatic rings. The highest BCUT2D eigenvalue weighted by molar-refractivity contribution is 6.42. The molecule has 0 saturated heterocycles. The summed E-state index contributed by atoms with van der Waals surface area (Å²) >= 11 is 11.9. The van der Waals surface area contributed by atoms with Gasteiger partial charge in [0, 0.05) is 12.1 Å². The van der Waals surface area contributed by atoms with Gasteiger partial charge in [0.25, 0.3) is 0 Å². The molecule has 0 aliphatic carbocycles. The average Bonchev–Trinajstić information content (AvgIpc) is 2.42. The third kappa shape index (κ3) is 3.72. The number of halogens is 3. The van der Waals surface area contributed by atoms with Crippen molar-refractivity contribution in [3.05, 3.63) is 69.5 Å². The molecule has 106 valence electrons. The van der Waals surface area contributed by atoms with Crippen molar-refractivity contribution in [3.63, 3.8) is 0 Å². The summed E-state index contributed by atoms with van der Waals surface area (Å²) in [6.45, 7) is 4.10. The topological polar surface area (TPSA) is 12.0 Å². The van der Waals surface area contributed by atoms with E-state index >= 15 is 0 Å². The Balaban J connectivity index is 2.08.